The Kier molecular flexibility index (Phi) is 5.96. The lowest BCUT2D eigenvalue weighted by Crippen LogP contribution is -2.27. The molecule has 7 heteroatoms. The van der Waals surface area contributed by atoms with Crippen LogP contribution >= 0.6 is 15.9 Å². The number of ether oxygens (including phenoxy) is 1. The molecule has 1 saturated carbocycles. The molecular formula is C26H22BrN3O3. The van der Waals surface area contributed by atoms with Gasteiger partial charge >= 0.3 is 6.09 Å². The summed E-state index contributed by atoms with van der Waals surface area (Å²) in [5.74, 6) is -0.146. The molecule has 3 aromatic rings. The summed E-state index contributed by atoms with van der Waals surface area (Å²) in [6.07, 6.45) is 2.09. The van der Waals surface area contributed by atoms with E-state index in [1.807, 2.05) is 66.7 Å². The molecule has 33 heavy (non-hydrogen) atoms. The van der Waals surface area contributed by atoms with Gasteiger partial charge in [-0.3, -0.25) is 10.1 Å². The van der Waals surface area contributed by atoms with Crippen LogP contribution in [-0.2, 0) is 4.74 Å². The van der Waals surface area contributed by atoms with E-state index >= 15 is 0 Å². The quantitative estimate of drug-likeness (QED) is 0.453. The summed E-state index contributed by atoms with van der Waals surface area (Å²) in [7, 11) is 0. The molecule has 2 aliphatic rings. The molecule has 0 aromatic heterocycles. The van der Waals surface area contributed by atoms with Gasteiger partial charge in [-0.15, -0.1) is 0 Å². The predicted molar refractivity (Wildman–Crippen MR) is 130 cm³/mol. The fourth-order valence-electron chi connectivity index (χ4n) is 3.76. The molecule has 1 N–H and O–H groups in total. The number of nitrogens with one attached hydrogen (secondary N) is 1. The summed E-state index contributed by atoms with van der Waals surface area (Å²) in [6, 6.07) is 24.5. The van der Waals surface area contributed by atoms with Gasteiger partial charge in [0.2, 0.25) is 0 Å². The minimum Gasteiger partial charge on any atom is -0.446 e. The Balaban J connectivity index is 1.38. The van der Waals surface area contributed by atoms with Crippen LogP contribution in [0.4, 0.5) is 10.5 Å². The van der Waals surface area contributed by atoms with Crippen molar-refractivity contribution in [1.29, 1.82) is 0 Å². The number of hydrogen-bond acceptors (Lipinski definition) is 4. The van der Waals surface area contributed by atoms with Gasteiger partial charge in [-0.1, -0.05) is 58.4 Å². The Bertz CT molecular complexity index is 1190. The first kappa shape index (κ1) is 21.4. The third kappa shape index (κ3) is 4.98. The van der Waals surface area contributed by atoms with Crippen LogP contribution in [0.25, 0.3) is 0 Å². The maximum Gasteiger partial charge on any atom is 0.411 e. The van der Waals surface area contributed by atoms with Crippen LogP contribution in [0, 0.1) is 0 Å². The van der Waals surface area contributed by atoms with Gasteiger partial charge in [0.15, 0.2) is 0 Å². The third-order valence-electron chi connectivity index (χ3n) is 5.66. The average Bonchev–Trinajstić information content (AvgIpc) is 3.53. The monoisotopic (exact) mass is 503 g/mol. The Morgan fingerprint density at radius 1 is 0.939 bits per heavy atom. The van der Waals surface area contributed by atoms with Crippen LogP contribution in [-0.4, -0.2) is 28.8 Å². The molecule has 1 fully saturated rings. The van der Waals surface area contributed by atoms with E-state index < -0.39 is 6.09 Å². The Labute approximate surface area is 200 Å². The van der Waals surface area contributed by atoms with Crippen molar-refractivity contribution in [3.63, 3.8) is 0 Å². The number of amides is 2. The van der Waals surface area contributed by atoms with Crippen LogP contribution in [0.2, 0.25) is 0 Å². The summed E-state index contributed by atoms with van der Waals surface area (Å²) in [5, 5.41) is 9.06. The molecule has 1 heterocycles. The molecule has 1 aliphatic carbocycles. The Hall–Kier alpha value is -3.45. The SMILES string of the molecule is O=C(Nc1ccc(C2=NN(C(=O)c3ccc(Br)cc3)C(c3ccccc3)C2)cc1)OC1CC1. The number of hydrazone groups is 1. The van der Waals surface area contributed by atoms with E-state index in [1.165, 1.54) is 0 Å². The molecule has 0 radical (unpaired) electrons. The maximum atomic E-state index is 13.3. The Morgan fingerprint density at radius 3 is 2.30 bits per heavy atom. The molecule has 1 unspecified atom stereocenters. The van der Waals surface area contributed by atoms with Crippen molar-refractivity contribution < 1.29 is 14.3 Å². The number of carbonyl (C=O) groups is 2. The molecule has 3 aromatic carbocycles. The van der Waals surface area contributed by atoms with Crippen LogP contribution in [0.15, 0.2) is 88.4 Å². The molecule has 2 amide bonds. The van der Waals surface area contributed by atoms with Crippen molar-refractivity contribution >= 4 is 39.3 Å². The van der Waals surface area contributed by atoms with Crippen molar-refractivity contribution in [2.24, 2.45) is 5.10 Å². The van der Waals surface area contributed by atoms with E-state index in [0.717, 1.165) is 34.2 Å². The van der Waals surface area contributed by atoms with Crippen LogP contribution in [0.5, 0.6) is 0 Å². The molecule has 6 nitrogen and oxygen atoms in total. The normalized spacial score (nSPS) is 17.4. The zero-order chi connectivity index (χ0) is 22.8. The van der Waals surface area contributed by atoms with Gasteiger partial charge in [0.05, 0.1) is 11.8 Å². The van der Waals surface area contributed by atoms with Crippen molar-refractivity contribution in [1.82, 2.24) is 5.01 Å². The van der Waals surface area contributed by atoms with Gasteiger partial charge in [0.25, 0.3) is 5.91 Å². The molecule has 1 aliphatic heterocycles. The minimum atomic E-state index is -0.432. The highest BCUT2D eigenvalue weighted by atomic mass is 79.9. The molecule has 1 atom stereocenters. The van der Waals surface area contributed by atoms with Crippen molar-refractivity contribution in [2.45, 2.75) is 31.4 Å². The van der Waals surface area contributed by atoms with Gasteiger partial charge in [0, 0.05) is 22.1 Å². The zero-order valence-electron chi connectivity index (χ0n) is 17.8. The molecule has 166 valence electrons. The van der Waals surface area contributed by atoms with Crippen LogP contribution in [0.3, 0.4) is 0 Å². The molecular weight excluding hydrogens is 482 g/mol. The van der Waals surface area contributed by atoms with E-state index in [4.69, 9.17) is 9.84 Å². The van der Waals surface area contributed by atoms with Crippen molar-refractivity contribution in [2.75, 3.05) is 5.32 Å². The van der Waals surface area contributed by atoms with E-state index in [9.17, 15) is 9.59 Å². The van der Waals surface area contributed by atoms with Crippen molar-refractivity contribution in [3.05, 3.63) is 100 Å². The summed E-state index contributed by atoms with van der Waals surface area (Å²) >= 11 is 3.42. The van der Waals surface area contributed by atoms with Crippen LogP contribution < -0.4 is 5.32 Å². The fourth-order valence-corrected chi connectivity index (χ4v) is 4.03. The summed E-state index contributed by atoms with van der Waals surface area (Å²) < 4.78 is 6.14. The number of nitrogens with zero attached hydrogens (tertiary/aromatic N) is 2. The zero-order valence-corrected chi connectivity index (χ0v) is 19.4. The van der Waals surface area contributed by atoms with Gasteiger partial charge in [-0.05, 0) is 60.4 Å². The third-order valence-corrected chi connectivity index (χ3v) is 6.19. The number of anilines is 1. The smallest absolute Gasteiger partial charge is 0.411 e. The summed E-state index contributed by atoms with van der Waals surface area (Å²) in [6.45, 7) is 0. The van der Waals surface area contributed by atoms with Gasteiger partial charge in [-0.25, -0.2) is 9.80 Å². The molecule has 0 bridgehead atoms. The second kappa shape index (κ2) is 9.19. The minimum absolute atomic E-state index is 0.0567. The van der Waals surface area contributed by atoms with Gasteiger partial charge in [0.1, 0.15) is 6.10 Å². The number of hydrogen-bond donors (Lipinski definition) is 1. The number of halogens is 1. The maximum absolute atomic E-state index is 13.3. The average molecular weight is 504 g/mol. The lowest BCUT2D eigenvalue weighted by atomic mass is 9.98. The number of benzene rings is 3. The highest BCUT2D eigenvalue weighted by Gasteiger charge is 2.33. The standard InChI is InChI=1S/C26H22BrN3O3/c27-20-10-6-19(7-11-20)25(31)30-24(18-4-2-1-3-5-18)16-23(29-30)17-8-12-21(13-9-17)28-26(32)33-22-14-15-22/h1-13,22,24H,14-16H2,(H,28,32). The first-order chi connectivity index (χ1) is 16.1. The highest BCUT2D eigenvalue weighted by molar-refractivity contribution is 9.10. The number of carbonyl (C=O) groups excluding carboxylic acids is 2. The molecule has 0 spiro atoms. The second-order valence-corrected chi connectivity index (χ2v) is 9.06. The van der Waals surface area contributed by atoms with Crippen molar-refractivity contribution in [3.8, 4) is 0 Å². The molecule has 0 saturated heterocycles. The first-order valence-corrected chi connectivity index (χ1v) is 11.7. The predicted octanol–water partition coefficient (Wildman–Crippen LogP) is 6.15. The lowest BCUT2D eigenvalue weighted by Gasteiger charge is -2.22. The lowest BCUT2D eigenvalue weighted by molar-refractivity contribution is 0.0711. The van der Waals surface area contributed by atoms with E-state index in [1.54, 1.807) is 17.1 Å². The summed E-state index contributed by atoms with van der Waals surface area (Å²) in [4.78, 5) is 25.2. The van der Waals surface area contributed by atoms with Crippen LogP contribution in [0.1, 0.15) is 46.8 Å². The van der Waals surface area contributed by atoms with Gasteiger partial charge in [-0.2, -0.15) is 5.10 Å². The topological polar surface area (TPSA) is 71.0 Å². The number of rotatable bonds is 5. The Morgan fingerprint density at radius 2 is 1.64 bits per heavy atom. The highest BCUT2D eigenvalue weighted by Crippen LogP contribution is 2.34. The first-order valence-electron chi connectivity index (χ1n) is 10.9. The molecule has 5 rings (SSSR count). The second-order valence-electron chi connectivity index (χ2n) is 8.14. The van der Waals surface area contributed by atoms with Gasteiger partial charge < -0.3 is 4.74 Å². The summed E-state index contributed by atoms with van der Waals surface area (Å²) in [5.41, 5.74) is 4.00. The van der Waals surface area contributed by atoms with E-state index in [-0.39, 0.29) is 18.1 Å². The van der Waals surface area contributed by atoms with E-state index in [2.05, 4.69) is 21.2 Å². The van der Waals surface area contributed by atoms with E-state index in [0.29, 0.717) is 17.7 Å². The largest absolute Gasteiger partial charge is 0.446 e. The fraction of sp³-hybridized carbons (Fsp3) is 0.192.